The van der Waals surface area contributed by atoms with Crippen molar-refractivity contribution in [2.24, 2.45) is 0 Å². The molecule has 7 heteroatoms. The minimum absolute atomic E-state index is 0.0415. The Morgan fingerprint density at radius 3 is 2.68 bits per heavy atom. The molecule has 3 rings (SSSR count). The molecule has 96 valence electrons. The Bertz CT molecular complexity index is 719. The van der Waals surface area contributed by atoms with Crippen molar-refractivity contribution in [3.63, 3.8) is 0 Å². The Morgan fingerprint density at radius 1 is 1.16 bits per heavy atom. The van der Waals surface area contributed by atoms with Crippen LogP contribution >= 0.6 is 0 Å². The molecule has 0 aliphatic heterocycles. The number of hydrogen-bond acceptors (Lipinski definition) is 3. The maximum Gasteiger partial charge on any atom is 0.417 e. The van der Waals surface area contributed by atoms with Gasteiger partial charge in [-0.1, -0.05) is 0 Å². The number of aromatic nitrogens is 4. The van der Waals surface area contributed by atoms with Crippen molar-refractivity contribution in [1.29, 1.82) is 0 Å². The molecule has 0 fully saturated rings. The zero-order valence-corrected chi connectivity index (χ0v) is 9.44. The summed E-state index contributed by atoms with van der Waals surface area (Å²) in [5.74, 6) is 0. The van der Waals surface area contributed by atoms with Crippen molar-refractivity contribution in [3.05, 3.63) is 42.4 Å². The summed E-state index contributed by atoms with van der Waals surface area (Å²) in [6.07, 6.45) is -0.326. The second-order valence-electron chi connectivity index (χ2n) is 3.93. The lowest BCUT2D eigenvalue weighted by Gasteiger charge is -2.09. The van der Waals surface area contributed by atoms with Gasteiger partial charge in [-0.2, -0.15) is 18.3 Å². The number of alkyl halides is 3. The van der Waals surface area contributed by atoms with E-state index >= 15 is 0 Å². The Morgan fingerprint density at radius 2 is 2.00 bits per heavy atom. The van der Waals surface area contributed by atoms with Gasteiger partial charge in [-0.15, -0.1) is 0 Å². The number of aromatic amines is 1. The molecule has 0 aromatic carbocycles. The molecule has 4 nitrogen and oxygen atoms in total. The number of fused-ring (bicyclic) bond motifs is 1. The minimum Gasteiger partial charge on any atom is -0.264 e. The van der Waals surface area contributed by atoms with E-state index in [1.54, 1.807) is 18.3 Å². The lowest BCUT2D eigenvalue weighted by Crippen LogP contribution is -2.06. The summed E-state index contributed by atoms with van der Waals surface area (Å²) in [5.41, 5.74) is 0.0699. The Kier molecular flexibility index (Phi) is 2.48. The third-order valence-electron chi connectivity index (χ3n) is 2.69. The van der Waals surface area contributed by atoms with Gasteiger partial charge in [0.2, 0.25) is 0 Å². The summed E-state index contributed by atoms with van der Waals surface area (Å²) in [7, 11) is 0. The van der Waals surface area contributed by atoms with Crippen LogP contribution in [0.25, 0.3) is 22.3 Å². The SMILES string of the molecule is FC(F)(F)c1cc(-c2cccnc2)nc2[nH]ncc12. The molecule has 0 unspecified atom stereocenters. The number of nitrogens with zero attached hydrogens (tertiary/aromatic N) is 3. The molecular formula is C12H7F3N4. The van der Waals surface area contributed by atoms with Gasteiger partial charge < -0.3 is 0 Å². The molecule has 3 aromatic rings. The number of hydrogen-bond donors (Lipinski definition) is 1. The van der Waals surface area contributed by atoms with E-state index in [1.165, 1.54) is 6.20 Å². The van der Waals surface area contributed by atoms with Crippen LogP contribution < -0.4 is 0 Å². The molecule has 0 aliphatic rings. The van der Waals surface area contributed by atoms with E-state index in [0.29, 0.717) is 5.56 Å². The Balaban J connectivity index is 2.28. The second-order valence-corrected chi connectivity index (χ2v) is 3.93. The fourth-order valence-corrected chi connectivity index (χ4v) is 1.83. The zero-order chi connectivity index (χ0) is 13.5. The average molecular weight is 264 g/mol. The van der Waals surface area contributed by atoms with Crippen molar-refractivity contribution < 1.29 is 13.2 Å². The van der Waals surface area contributed by atoms with E-state index < -0.39 is 11.7 Å². The first kappa shape index (κ1) is 11.6. The predicted molar refractivity (Wildman–Crippen MR) is 62.1 cm³/mol. The van der Waals surface area contributed by atoms with Gasteiger partial charge in [-0.3, -0.25) is 10.1 Å². The van der Waals surface area contributed by atoms with Gasteiger partial charge in [0.1, 0.15) is 0 Å². The molecule has 19 heavy (non-hydrogen) atoms. The van der Waals surface area contributed by atoms with Crippen molar-refractivity contribution in [1.82, 2.24) is 20.2 Å². The minimum atomic E-state index is -4.46. The standard InChI is InChI=1S/C12H7F3N4/c13-12(14,15)9-4-10(7-2-1-3-16-5-7)18-11-8(9)6-17-19-11/h1-6H,(H,17,18,19). The van der Waals surface area contributed by atoms with E-state index in [2.05, 4.69) is 20.2 Å². The highest BCUT2D eigenvalue weighted by molar-refractivity contribution is 5.82. The monoisotopic (exact) mass is 264 g/mol. The van der Waals surface area contributed by atoms with Crippen LogP contribution in [0.4, 0.5) is 13.2 Å². The van der Waals surface area contributed by atoms with E-state index in [1.807, 2.05) is 0 Å². The van der Waals surface area contributed by atoms with Crippen LogP contribution in [0.15, 0.2) is 36.8 Å². The molecule has 0 saturated heterocycles. The van der Waals surface area contributed by atoms with Gasteiger partial charge in [-0.05, 0) is 18.2 Å². The lowest BCUT2D eigenvalue weighted by molar-refractivity contribution is -0.136. The fourth-order valence-electron chi connectivity index (χ4n) is 1.83. The van der Waals surface area contributed by atoms with E-state index in [9.17, 15) is 13.2 Å². The van der Waals surface area contributed by atoms with Crippen LogP contribution in [0.3, 0.4) is 0 Å². The van der Waals surface area contributed by atoms with Crippen LogP contribution in [-0.2, 0) is 6.18 Å². The smallest absolute Gasteiger partial charge is 0.264 e. The molecule has 0 amide bonds. The lowest BCUT2D eigenvalue weighted by atomic mass is 10.1. The van der Waals surface area contributed by atoms with E-state index in [4.69, 9.17) is 0 Å². The van der Waals surface area contributed by atoms with Crippen molar-refractivity contribution in [3.8, 4) is 11.3 Å². The summed E-state index contributed by atoms with van der Waals surface area (Å²) in [6.45, 7) is 0. The first-order valence-electron chi connectivity index (χ1n) is 5.37. The normalized spacial score (nSPS) is 11.9. The number of pyridine rings is 2. The molecule has 0 spiro atoms. The topological polar surface area (TPSA) is 54.5 Å². The van der Waals surface area contributed by atoms with Gasteiger partial charge in [0.05, 0.1) is 22.8 Å². The van der Waals surface area contributed by atoms with Crippen LogP contribution in [0, 0.1) is 0 Å². The quantitative estimate of drug-likeness (QED) is 0.735. The molecule has 0 radical (unpaired) electrons. The zero-order valence-electron chi connectivity index (χ0n) is 9.44. The number of H-pyrrole nitrogens is 1. The van der Waals surface area contributed by atoms with Gasteiger partial charge in [0, 0.05) is 18.0 Å². The van der Waals surface area contributed by atoms with E-state index in [-0.39, 0.29) is 16.7 Å². The summed E-state index contributed by atoms with van der Waals surface area (Å²) in [5, 5.41) is 6.03. The van der Waals surface area contributed by atoms with Crippen LogP contribution in [0.1, 0.15) is 5.56 Å². The number of nitrogens with one attached hydrogen (secondary N) is 1. The van der Waals surface area contributed by atoms with Crippen molar-refractivity contribution in [2.45, 2.75) is 6.18 Å². The molecule has 0 bridgehead atoms. The molecule has 1 N–H and O–H groups in total. The van der Waals surface area contributed by atoms with Gasteiger partial charge in [0.15, 0.2) is 5.65 Å². The Hall–Kier alpha value is -2.44. The summed E-state index contributed by atoms with van der Waals surface area (Å²) in [6, 6.07) is 4.30. The third kappa shape index (κ3) is 2.03. The molecule has 0 saturated carbocycles. The van der Waals surface area contributed by atoms with Gasteiger partial charge >= 0.3 is 6.18 Å². The number of rotatable bonds is 1. The third-order valence-corrected chi connectivity index (χ3v) is 2.69. The molecule has 3 aromatic heterocycles. The van der Waals surface area contributed by atoms with Crippen molar-refractivity contribution in [2.75, 3.05) is 0 Å². The highest BCUT2D eigenvalue weighted by atomic mass is 19.4. The summed E-state index contributed by atoms with van der Waals surface area (Å²) >= 11 is 0. The van der Waals surface area contributed by atoms with Crippen LogP contribution in [0.5, 0.6) is 0 Å². The second kappa shape index (κ2) is 4.04. The van der Waals surface area contributed by atoms with Crippen LogP contribution in [-0.4, -0.2) is 20.2 Å². The predicted octanol–water partition coefficient (Wildman–Crippen LogP) is 3.04. The first-order valence-corrected chi connectivity index (χ1v) is 5.37. The Labute approximate surface area is 105 Å². The summed E-state index contributed by atoms with van der Waals surface area (Å²) in [4.78, 5) is 8.00. The highest BCUT2D eigenvalue weighted by Crippen LogP contribution is 2.35. The van der Waals surface area contributed by atoms with Gasteiger partial charge in [-0.25, -0.2) is 4.98 Å². The van der Waals surface area contributed by atoms with Gasteiger partial charge in [0.25, 0.3) is 0 Å². The highest BCUT2D eigenvalue weighted by Gasteiger charge is 2.34. The summed E-state index contributed by atoms with van der Waals surface area (Å²) < 4.78 is 39.0. The van der Waals surface area contributed by atoms with Crippen LogP contribution in [0.2, 0.25) is 0 Å². The number of halogens is 3. The first-order chi connectivity index (χ1) is 9.05. The maximum absolute atomic E-state index is 13.0. The average Bonchev–Trinajstić information content (AvgIpc) is 2.85. The molecule has 3 heterocycles. The molecule has 0 aliphatic carbocycles. The maximum atomic E-state index is 13.0. The largest absolute Gasteiger partial charge is 0.417 e. The fraction of sp³-hybridized carbons (Fsp3) is 0.0833. The van der Waals surface area contributed by atoms with E-state index in [0.717, 1.165) is 12.3 Å². The van der Waals surface area contributed by atoms with Crippen molar-refractivity contribution >= 4 is 11.0 Å². The molecule has 0 atom stereocenters. The molecular weight excluding hydrogens is 257 g/mol.